The van der Waals surface area contributed by atoms with Crippen molar-refractivity contribution >= 4 is 33.2 Å². The molecule has 0 unspecified atom stereocenters. The van der Waals surface area contributed by atoms with Gasteiger partial charge in [-0.2, -0.15) is 0 Å². The average molecular weight is 400 g/mol. The van der Waals surface area contributed by atoms with Crippen LogP contribution in [-0.4, -0.2) is 10.3 Å². The van der Waals surface area contributed by atoms with Gasteiger partial charge in [0, 0.05) is 32.0 Å². The number of aliphatic imine (C=N–C) groups is 1. The van der Waals surface area contributed by atoms with Crippen LogP contribution >= 0.6 is 27.5 Å². The van der Waals surface area contributed by atoms with Crippen LogP contribution in [0.25, 0.3) is 5.69 Å². The third-order valence-electron chi connectivity index (χ3n) is 4.56. The first-order chi connectivity index (χ1) is 11.6. The van der Waals surface area contributed by atoms with Crippen molar-refractivity contribution in [1.29, 1.82) is 0 Å². The third-order valence-corrected chi connectivity index (χ3v) is 5.38. The van der Waals surface area contributed by atoms with Crippen molar-refractivity contribution in [2.24, 2.45) is 4.99 Å². The molecule has 0 saturated heterocycles. The minimum atomic E-state index is 0.640. The van der Waals surface area contributed by atoms with Crippen LogP contribution in [0.2, 0.25) is 5.02 Å². The molecule has 0 aliphatic carbocycles. The molecular weight excluding hydrogens is 384 g/mol. The number of fused-ring (bicyclic) bond motifs is 3. The zero-order valence-corrected chi connectivity index (χ0v) is 15.8. The Morgan fingerprint density at radius 2 is 1.83 bits per heavy atom. The molecule has 0 bridgehead atoms. The molecule has 3 aromatic rings. The predicted molar refractivity (Wildman–Crippen MR) is 104 cm³/mol. The molecule has 24 heavy (non-hydrogen) atoms. The van der Waals surface area contributed by atoms with E-state index in [1.54, 1.807) is 0 Å². The summed E-state index contributed by atoms with van der Waals surface area (Å²) in [4.78, 5) is 4.92. The molecule has 2 heterocycles. The highest BCUT2D eigenvalue weighted by molar-refractivity contribution is 9.10. The third kappa shape index (κ3) is 2.43. The molecule has 0 fully saturated rings. The topological polar surface area (TPSA) is 17.3 Å². The van der Waals surface area contributed by atoms with Crippen LogP contribution in [0.5, 0.6) is 0 Å². The molecule has 4 heteroatoms. The Bertz CT molecular complexity index is 985. The van der Waals surface area contributed by atoms with Crippen molar-refractivity contribution in [2.75, 3.05) is 0 Å². The van der Waals surface area contributed by atoms with Crippen molar-refractivity contribution in [3.8, 4) is 5.69 Å². The van der Waals surface area contributed by atoms with E-state index in [4.69, 9.17) is 16.6 Å². The largest absolute Gasteiger partial charge is 0.315 e. The van der Waals surface area contributed by atoms with Crippen LogP contribution in [0.15, 0.2) is 58.0 Å². The van der Waals surface area contributed by atoms with Gasteiger partial charge in [0.05, 0.1) is 17.9 Å². The fourth-order valence-electron chi connectivity index (χ4n) is 3.28. The lowest BCUT2D eigenvalue weighted by Gasteiger charge is -2.15. The summed E-state index contributed by atoms with van der Waals surface area (Å²) >= 11 is 10.1. The maximum Gasteiger partial charge on any atom is 0.0803 e. The summed E-state index contributed by atoms with van der Waals surface area (Å²) in [6, 6.07) is 16.5. The van der Waals surface area contributed by atoms with Crippen molar-refractivity contribution in [3.63, 3.8) is 0 Å². The first kappa shape index (κ1) is 15.7. The van der Waals surface area contributed by atoms with E-state index >= 15 is 0 Å². The summed E-state index contributed by atoms with van der Waals surface area (Å²) in [6.07, 6.45) is 0. The van der Waals surface area contributed by atoms with Crippen LogP contribution in [0, 0.1) is 13.8 Å². The van der Waals surface area contributed by atoms with E-state index < -0.39 is 0 Å². The average Bonchev–Trinajstić information content (AvgIpc) is 2.75. The maximum absolute atomic E-state index is 6.46. The fourth-order valence-corrected chi connectivity index (χ4v) is 3.87. The van der Waals surface area contributed by atoms with Gasteiger partial charge in [0.15, 0.2) is 0 Å². The summed E-state index contributed by atoms with van der Waals surface area (Å²) < 4.78 is 3.34. The summed E-state index contributed by atoms with van der Waals surface area (Å²) in [7, 11) is 0. The first-order valence-corrected chi connectivity index (χ1v) is 9.01. The molecule has 4 rings (SSSR count). The van der Waals surface area contributed by atoms with Gasteiger partial charge in [-0.3, -0.25) is 4.99 Å². The lowest BCUT2D eigenvalue weighted by molar-refractivity contribution is 0.897. The van der Waals surface area contributed by atoms with Gasteiger partial charge < -0.3 is 4.57 Å². The number of rotatable bonds is 1. The van der Waals surface area contributed by atoms with E-state index in [9.17, 15) is 0 Å². The quantitative estimate of drug-likeness (QED) is 0.487. The second-order valence-electron chi connectivity index (χ2n) is 6.05. The maximum atomic E-state index is 6.46. The molecule has 0 radical (unpaired) electrons. The van der Waals surface area contributed by atoms with E-state index in [0.29, 0.717) is 6.54 Å². The lowest BCUT2D eigenvalue weighted by Crippen LogP contribution is -2.08. The number of hydrogen-bond donors (Lipinski definition) is 0. The Morgan fingerprint density at radius 1 is 1.04 bits per heavy atom. The van der Waals surface area contributed by atoms with Gasteiger partial charge in [-0.05, 0) is 49.7 Å². The minimum Gasteiger partial charge on any atom is -0.315 e. The molecular formula is C20H16BrClN2. The Hall–Kier alpha value is -1.84. The molecule has 0 spiro atoms. The zero-order chi connectivity index (χ0) is 16.8. The zero-order valence-electron chi connectivity index (χ0n) is 13.5. The molecule has 120 valence electrons. The van der Waals surface area contributed by atoms with Crippen molar-refractivity contribution in [3.05, 3.63) is 86.1 Å². The SMILES string of the molecule is Cc1cc2n(c1C)-c1ccc(Br)cc1C(c1ccccc1Cl)=NC2. The Balaban J connectivity index is 2.03. The van der Waals surface area contributed by atoms with E-state index in [2.05, 4.69) is 58.6 Å². The summed E-state index contributed by atoms with van der Waals surface area (Å²) in [5, 5.41) is 0.724. The second kappa shape index (κ2) is 5.91. The molecule has 1 aliphatic rings. The van der Waals surface area contributed by atoms with Crippen LogP contribution in [-0.2, 0) is 6.54 Å². The minimum absolute atomic E-state index is 0.640. The van der Waals surface area contributed by atoms with Gasteiger partial charge in [-0.25, -0.2) is 0 Å². The Morgan fingerprint density at radius 3 is 2.62 bits per heavy atom. The molecule has 2 nitrogen and oxygen atoms in total. The van der Waals surface area contributed by atoms with Crippen molar-refractivity contribution in [1.82, 2.24) is 4.57 Å². The van der Waals surface area contributed by atoms with Crippen LogP contribution in [0.4, 0.5) is 0 Å². The number of benzene rings is 2. The van der Waals surface area contributed by atoms with E-state index in [-0.39, 0.29) is 0 Å². The highest BCUT2D eigenvalue weighted by atomic mass is 79.9. The lowest BCUT2D eigenvalue weighted by atomic mass is 10.0. The van der Waals surface area contributed by atoms with Crippen LogP contribution in [0.1, 0.15) is 28.1 Å². The summed E-state index contributed by atoms with van der Waals surface area (Å²) in [5.74, 6) is 0. The van der Waals surface area contributed by atoms with Crippen LogP contribution < -0.4 is 0 Å². The van der Waals surface area contributed by atoms with E-state index in [1.165, 1.54) is 17.0 Å². The number of hydrogen-bond acceptors (Lipinski definition) is 1. The van der Waals surface area contributed by atoms with Gasteiger partial charge in [0.2, 0.25) is 0 Å². The summed E-state index contributed by atoms with van der Waals surface area (Å²) in [5.41, 5.74) is 7.90. The number of aromatic nitrogens is 1. The molecule has 0 saturated carbocycles. The first-order valence-electron chi connectivity index (χ1n) is 7.83. The molecule has 2 aromatic carbocycles. The Kier molecular flexibility index (Phi) is 3.86. The highest BCUT2D eigenvalue weighted by Gasteiger charge is 2.22. The predicted octanol–water partition coefficient (Wildman–Crippen LogP) is 5.86. The molecule has 0 N–H and O–H groups in total. The van der Waals surface area contributed by atoms with Crippen LogP contribution in [0.3, 0.4) is 0 Å². The van der Waals surface area contributed by atoms with Gasteiger partial charge in [-0.1, -0.05) is 45.7 Å². The molecule has 1 aliphatic heterocycles. The highest BCUT2D eigenvalue weighted by Crippen LogP contribution is 2.32. The van der Waals surface area contributed by atoms with E-state index in [0.717, 1.165) is 32.0 Å². The molecule has 0 atom stereocenters. The van der Waals surface area contributed by atoms with Gasteiger partial charge >= 0.3 is 0 Å². The van der Waals surface area contributed by atoms with Gasteiger partial charge in [0.25, 0.3) is 0 Å². The number of nitrogens with zero attached hydrogens (tertiary/aromatic N) is 2. The van der Waals surface area contributed by atoms with Crippen molar-refractivity contribution < 1.29 is 0 Å². The smallest absolute Gasteiger partial charge is 0.0803 e. The molecule has 1 aromatic heterocycles. The standard InChI is InChI=1S/C20H16BrClN2/c1-12-9-15-11-23-20(16-5-3-4-6-18(16)22)17-10-14(21)7-8-19(17)24(15)13(12)2/h3-10H,11H2,1-2H3. The van der Waals surface area contributed by atoms with E-state index in [1.807, 2.05) is 24.3 Å². The summed E-state index contributed by atoms with van der Waals surface area (Å²) in [6.45, 7) is 4.95. The monoisotopic (exact) mass is 398 g/mol. The van der Waals surface area contributed by atoms with Gasteiger partial charge in [0.1, 0.15) is 0 Å². The number of aryl methyl sites for hydroxylation is 1. The number of halogens is 2. The molecule has 0 amide bonds. The second-order valence-corrected chi connectivity index (χ2v) is 7.37. The van der Waals surface area contributed by atoms with Gasteiger partial charge in [-0.15, -0.1) is 0 Å². The fraction of sp³-hybridized carbons (Fsp3) is 0.150. The Labute approximate surface area is 154 Å². The van der Waals surface area contributed by atoms with Crippen molar-refractivity contribution in [2.45, 2.75) is 20.4 Å². The normalized spacial score (nSPS) is 13.1.